The summed E-state index contributed by atoms with van der Waals surface area (Å²) in [7, 11) is 0. The summed E-state index contributed by atoms with van der Waals surface area (Å²) < 4.78 is 1.96. The van der Waals surface area contributed by atoms with Crippen molar-refractivity contribution in [2.45, 2.75) is 39.0 Å². The second-order valence-corrected chi connectivity index (χ2v) is 7.48. The first-order valence-corrected chi connectivity index (χ1v) is 9.92. The molecule has 0 spiro atoms. The number of rotatable bonds is 5. The van der Waals surface area contributed by atoms with Gasteiger partial charge in [0, 0.05) is 23.5 Å². The highest BCUT2D eigenvalue weighted by Crippen LogP contribution is 2.27. The molecule has 0 fully saturated rings. The highest BCUT2D eigenvalue weighted by molar-refractivity contribution is 5.94. The number of aromatic nitrogens is 2. The third-order valence-corrected chi connectivity index (χ3v) is 5.35. The van der Waals surface area contributed by atoms with Crippen LogP contribution < -0.4 is 11.1 Å². The topological polar surface area (TPSA) is 72.9 Å². The fourth-order valence-corrected chi connectivity index (χ4v) is 3.77. The molecule has 5 heteroatoms. The molecular weight excluding hydrogens is 348 g/mol. The lowest BCUT2D eigenvalue weighted by Crippen LogP contribution is -2.27. The molecule has 0 aliphatic heterocycles. The maximum atomic E-state index is 12.9. The third-order valence-electron chi connectivity index (χ3n) is 5.35. The van der Waals surface area contributed by atoms with E-state index in [4.69, 9.17) is 10.8 Å². The predicted molar refractivity (Wildman–Crippen MR) is 112 cm³/mol. The third kappa shape index (κ3) is 3.79. The number of hydrogen-bond acceptors (Lipinski definition) is 3. The van der Waals surface area contributed by atoms with Gasteiger partial charge in [0.05, 0.1) is 5.69 Å². The zero-order valence-corrected chi connectivity index (χ0v) is 16.2. The second kappa shape index (κ2) is 7.89. The molecule has 1 aliphatic carbocycles. The molecule has 0 bridgehead atoms. The first kappa shape index (κ1) is 18.3. The molecule has 2 aromatic carbocycles. The Balaban J connectivity index is 1.52. The normalized spacial score (nSPS) is 13.2. The minimum Gasteiger partial charge on any atom is -0.399 e. The first-order chi connectivity index (χ1) is 13.6. The van der Waals surface area contributed by atoms with Gasteiger partial charge in [-0.15, -0.1) is 0 Å². The molecule has 0 atom stereocenters. The Labute approximate surface area is 165 Å². The van der Waals surface area contributed by atoms with E-state index in [0.717, 1.165) is 54.6 Å². The molecule has 4 rings (SSSR count). The van der Waals surface area contributed by atoms with Crippen molar-refractivity contribution in [1.82, 2.24) is 15.1 Å². The molecule has 0 unspecified atom stereocenters. The van der Waals surface area contributed by atoms with E-state index in [1.165, 1.54) is 11.3 Å². The van der Waals surface area contributed by atoms with E-state index in [0.29, 0.717) is 12.2 Å². The standard InChI is InChI=1S/C23H26N4O/c1-16-6-12-19(13-7-16)27-21-5-3-2-4-20(21)22(26-27)23(28)25-15-14-17-8-10-18(24)11-9-17/h6-13H,2-5,14-15,24H2,1H3,(H,25,28). The number of hydrogen-bond donors (Lipinski definition) is 2. The molecule has 3 N–H and O–H groups in total. The minimum absolute atomic E-state index is 0.0838. The summed E-state index contributed by atoms with van der Waals surface area (Å²) in [5.74, 6) is -0.0838. The Kier molecular flexibility index (Phi) is 5.15. The van der Waals surface area contributed by atoms with Crippen LogP contribution in [0.2, 0.25) is 0 Å². The summed E-state index contributed by atoms with van der Waals surface area (Å²) in [6.07, 6.45) is 4.91. The van der Waals surface area contributed by atoms with E-state index in [-0.39, 0.29) is 5.91 Å². The second-order valence-electron chi connectivity index (χ2n) is 7.48. The van der Waals surface area contributed by atoms with Crippen LogP contribution in [0.5, 0.6) is 0 Å². The highest BCUT2D eigenvalue weighted by Gasteiger charge is 2.25. The monoisotopic (exact) mass is 374 g/mol. The predicted octanol–water partition coefficient (Wildman–Crippen LogP) is 3.61. The van der Waals surface area contributed by atoms with E-state index < -0.39 is 0 Å². The molecule has 1 aromatic heterocycles. The van der Waals surface area contributed by atoms with Gasteiger partial charge in [-0.3, -0.25) is 4.79 Å². The molecule has 28 heavy (non-hydrogen) atoms. The Morgan fingerprint density at radius 3 is 2.54 bits per heavy atom. The molecule has 1 amide bonds. The van der Waals surface area contributed by atoms with Crippen molar-refractivity contribution in [2.24, 2.45) is 0 Å². The van der Waals surface area contributed by atoms with E-state index >= 15 is 0 Å². The SMILES string of the molecule is Cc1ccc(-n2nc(C(=O)NCCc3ccc(N)cc3)c3c2CCCC3)cc1. The van der Waals surface area contributed by atoms with Gasteiger partial charge in [-0.05, 0) is 68.9 Å². The van der Waals surface area contributed by atoms with Gasteiger partial charge in [-0.25, -0.2) is 4.68 Å². The van der Waals surface area contributed by atoms with Crippen molar-refractivity contribution in [3.05, 3.63) is 76.6 Å². The average Bonchev–Trinajstić information content (AvgIpc) is 3.10. The summed E-state index contributed by atoms with van der Waals surface area (Å²) in [4.78, 5) is 12.9. The molecule has 0 saturated heterocycles. The molecular formula is C23H26N4O. The lowest BCUT2D eigenvalue weighted by Gasteiger charge is -2.14. The van der Waals surface area contributed by atoms with Gasteiger partial charge >= 0.3 is 0 Å². The Bertz CT molecular complexity index is 971. The van der Waals surface area contributed by atoms with Crippen molar-refractivity contribution in [3.8, 4) is 5.69 Å². The van der Waals surface area contributed by atoms with Crippen molar-refractivity contribution in [3.63, 3.8) is 0 Å². The number of nitrogens with zero attached hydrogens (tertiary/aromatic N) is 2. The van der Waals surface area contributed by atoms with Crippen LogP contribution >= 0.6 is 0 Å². The van der Waals surface area contributed by atoms with E-state index in [2.05, 4.69) is 36.5 Å². The quantitative estimate of drug-likeness (QED) is 0.670. The van der Waals surface area contributed by atoms with Gasteiger partial charge in [0.2, 0.25) is 0 Å². The molecule has 5 nitrogen and oxygen atoms in total. The fourth-order valence-electron chi connectivity index (χ4n) is 3.77. The van der Waals surface area contributed by atoms with Crippen molar-refractivity contribution < 1.29 is 4.79 Å². The smallest absolute Gasteiger partial charge is 0.272 e. The van der Waals surface area contributed by atoms with Gasteiger partial charge in [-0.1, -0.05) is 29.8 Å². The van der Waals surface area contributed by atoms with Crippen LogP contribution in [0.15, 0.2) is 48.5 Å². The van der Waals surface area contributed by atoms with E-state index in [1.54, 1.807) is 0 Å². The summed E-state index contributed by atoms with van der Waals surface area (Å²) >= 11 is 0. The summed E-state index contributed by atoms with van der Waals surface area (Å²) in [6.45, 7) is 2.65. The number of nitrogen functional groups attached to an aromatic ring is 1. The van der Waals surface area contributed by atoms with Gasteiger partial charge in [-0.2, -0.15) is 5.10 Å². The maximum Gasteiger partial charge on any atom is 0.272 e. The number of aryl methyl sites for hydroxylation is 1. The molecule has 1 heterocycles. The molecule has 0 radical (unpaired) electrons. The highest BCUT2D eigenvalue weighted by atomic mass is 16.1. The number of nitrogens with one attached hydrogen (secondary N) is 1. The van der Waals surface area contributed by atoms with Gasteiger partial charge < -0.3 is 11.1 Å². The number of amides is 1. The summed E-state index contributed by atoms with van der Waals surface area (Å²) in [6, 6.07) is 16.1. The largest absolute Gasteiger partial charge is 0.399 e. The van der Waals surface area contributed by atoms with Gasteiger partial charge in [0.1, 0.15) is 0 Å². The number of carbonyl (C=O) groups excluding carboxylic acids is 1. The lowest BCUT2D eigenvalue weighted by atomic mass is 9.95. The van der Waals surface area contributed by atoms with Crippen molar-refractivity contribution in [2.75, 3.05) is 12.3 Å². The zero-order chi connectivity index (χ0) is 19.5. The zero-order valence-electron chi connectivity index (χ0n) is 16.2. The first-order valence-electron chi connectivity index (χ1n) is 9.92. The number of fused-ring (bicyclic) bond motifs is 1. The molecule has 0 saturated carbocycles. The average molecular weight is 374 g/mol. The Hall–Kier alpha value is -3.08. The summed E-state index contributed by atoms with van der Waals surface area (Å²) in [5.41, 5.74) is 12.7. The van der Waals surface area contributed by atoms with Crippen LogP contribution in [-0.4, -0.2) is 22.2 Å². The Morgan fingerprint density at radius 1 is 1.07 bits per heavy atom. The molecule has 144 valence electrons. The van der Waals surface area contributed by atoms with Crippen LogP contribution in [0.1, 0.15) is 45.7 Å². The fraction of sp³-hybridized carbons (Fsp3) is 0.304. The van der Waals surface area contributed by atoms with Crippen molar-refractivity contribution in [1.29, 1.82) is 0 Å². The molecule has 3 aromatic rings. The van der Waals surface area contributed by atoms with Gasteiger partial charge in [0.25, 0.3) is 5.91 Å². The van der Waals surface area contributed by atoms with Crippen LogP contribution in [0.4, 0.5) is 5.69 Å². The lowest BCUT2D eigenvalue weighted by molar-refractivity contribution is 0.0947. The van der Waals surface area contributed by atoms with E-state index in [1.807, 2.05) is 28.9 Å². The summed E-state index contributed by atoms with van der Waals surface area (Å²) in [5, 5.41) is 7.76. The number of anilines is 1. The van der Waals surface area contributed by atoms with Crippen LogP contribution in [0.3, 0.4) is 0 Å². The maximum absolute atomic E-state index is 12.9. The van der Waals surface area contributed by atoms with Crippen molar-refractivity contribution >= 4 is 11.6 Å². The van der Waals surface area contributed by atoms with Crippen LogP contribution in [0.25, 0.3) is 5.69 Å². The number of benzene rings is 2. The number of nitrogens with two attached hydrogens (primary N) is 1. The van der Waals surface area contributed by atoms with Gasteiger partial charge in [0.15, 0.2) is 5.69 Å². The number of carbonyl (C=O) groups is 1. The Morgan fingerprint density at radius 2 is 1.79 bits per heavy atom. The molecule has 1 aliphatic rings. The van der Waals surface area contributed by atoms with Crippen LogP contribution in [0, 0.1) is 6.92 Å². The van der Waals surface area contributed by atoms with Crippen LogP contribution in [-0.2, 0) is 19.3 Å². The minimum atomic E-state index is -0.0838. The van der Waals surface area contributed by atoms with E-state index in [9.17, 15) is 4.79 Å².